The van der Waals surface area contributed by atoms with E-state index in [0.717, 1.165) is 33.3 Å². The number of rotatable bonds is 4. The van der Waals surface area contributed by atoms with Crippen molar-refractivity contribution in [3.8, 4) is 0 Å². The van der Waals surface area contributed by atoms with Gasteiger partial charge in [0, 0.05) is 29.2 Å². The van der Waals surface area contributed by atoms with Gasteiger partial charge in [-0.1, -0.05) is 59.6 Å². The molecule has 7 heteroatoms. The average Bonchev–Trinajstić information content (AvgIpc) is 3.34. The fraction of sp³-hybridized carbons (Fsp3) is 0.111. The van der Waals surface area contributed by atoms with E-state index in [1.165, 1.54) is 17.3 Å². The van der Waals surface area contributed by atoms with E-state index in [1.54, 1.807) is 0 Å². The molecule has 34 heavy (non-hydrogen) atoms. The molecule has 0 saturated carbocycles. The molecule has 3 aromatic carbocycles. The lowest BCUT2D eigenvalue weighted by Gasteiger charge is -2.06. The number of aryl methyl sites for hydroxylation is 1. The van der Waals surface area contributed by atoms with E-state index in [4.69, 9.17) is 23.2 Å². The molecule has 5 rings (SSSR count). The quantitative estimate of drug-likeness (QED) is 0.291. The highest BCUT2D eigenvalue weighted by atomic mass is 35.5. The van der Waals surface area contributed by atoms with Crippen molar-refractivity contribution >= 4 is 68.7 Å². The van der Waals surface area contributed by atoms with Crippen molar-refractivity contribution < 1.29 is 4.79 Å². The molecule has 0 bridgehead atoms. The molecule has 0 radical (unpaired) electrons. The largest absolute Gasteiger partial charge is 0.342 e. The van der Waals surface area contributed by atoms with Gasteiger partial charge in [0.25, 0.3) is 5.91 Å². The number of nitrogens with zero attached hydrogens (tertiary/aromatic N) is 2. The lowest BCUT2D eigenvalue weighted by molar-refractivity contribution is -0.115. The van der Waals surface area contributed by atoms with Crippen LogP contribution in [-0.4, -0.2) is 15.6 Å². The summed E-state index contributed by atoms with van der Waals surface area (Å²) in [4.78, 5) is 18.0. The molecule has 0 aliphatic carbocycles. The minimum absolute atomic E-state index is 0.143. The Labute approximate surface area is 212 Å². The number of halogens is 2. The average molecular weight is 506 g/mol. The third-order valence-electron chi connectivity index (χ3n) is 5.89. The van der Waals surface area contributed by atoms with Gasteiger partial charge in [0.05, 0.1) is 20.6 Å². The molecular weight excluding hydrogens is 485 g/mol. The summed E-state index contributed by atoms with van der Waals surface area (Å²) < 4.78 is 2.16. The van der Waals surface area contributed by atoms with Crippen LogP contribution in [0.15, 0.2) is 76.8 Å². The van der Waals surface area contributed by atoms with Crippen LogP contribution in [-0.2, 0) is 11.3 Å². The zero-order valence-corrected chi connectivity index (χ0v) is 20.9. The summed E-state index contributed by atoms with van der Waals surface area (Å²) in [5.74, 6) is -0.143. The number of hydrogen-bond acceptors (Lipinski definition) is 3. The summed E-state index contributed by atoms with van der Waals surface area (Å²) in [6, 6.07) is 19.8. The highest BCUT2D eigenvalue weighted by Gasteiger charge is 2.24. The first-order chi connectivity index (χ1) is 16.4. The number of thioether (sulfide) groups is 1. The molecule has 0 atom stereocenters. The van der Waals surface area contributed by atoms with E-state index < -0.39 is 0 Å². The van der Waals surface area contributed by atoms with Crippen molar-refractivity contribution in [1.29, 1.82) is 0 Å². The van der Waals surface area contributed by atoms with Crippen molar-refractivity contribution in [3.63, 3.8) is 0 Å². The Morgan fingerprint density at radius 2 is 1.85 bits per heavy atom. The van der Waals surface area contributed by atoms with Crippen LogP contribution in [0.2, 0.25) is 10.0 Å². The SMILES string of the molecule is Cc1cccc(N=C2NC(=O)/C(=C/c3cn(Cc4ccc(Cl)c(Cl)c4)c4ccccc34)S2)c1C. The first kappa shape index (κ1) is 22.8. The van der Waals surface area contributed by atoms with Crippen LogP contribution in [0.3, 0.4) is 0 Å². The Balaban J connectivity index is 1.48. The number of aromatic nitrogens is 1. The highest BCUT2D eigenvalue weighted by molar-refractivity contribution is 8.18. The van der Waals surface area contributed by atoms with Crippen LogP contribution in [0, 0.1) is 13.8 Å². The predicted molar refractivity (Wildman–Crippen MR) is 144 cm³/mol. The Kier molecular flexibility index (Phi) is 6.26. The van der Waals surface area contributed by atoms with Gasteiger partial charge < -0.3 is 9.88 Å². The monoisotopic (exact) mass is 505 g/mol. The van der Waals surface area contributed by atoms with Crippen LogP contribution in [0.1, 0.15) is 22.3 Å². The normalized spacial score (nSPS) is 16.1. The molecule has 1 saturated heterocycles. The molecular formula is C27H21Cl2N3OS. The molecule has 2 heterocycles. The maximum absolute atomic E-state index is 12.7. The molecule has 4 nitrogen and oxygen atoms in total. The maximum atomic E-state index is 12.7. The van der Waals surface area contributed by atoms with Gasteiger partial charge in [0.15, 0.2) is 5.17 Å². The number of amides is 1. The summed E-state index contributed by atoms with van der Waals surface area (Å²) >= 11 is 13.6. The summed E-state index contributed by atoms with van der Waals surface area (Å²) in [6.07, 6.45) is 3.99. The number of hydrogen-bond donors (Lipinski definition) is 1. The molecule has 1 aromatic heterocycles. The molecule has 0 unspecified atom stereocenters. The van der Waals surface area contributed by atoms with Gasteiger partial charge >= 0.3 is 0 Å². The number of benzene rings is 3. The third kappa shape index (κ3) is 4.51. The van der Waals surface area contributed by atoms with Gasteiger partial charge in [0.1, 0.15) is 0 Å². The zero-order valence-electron chi connectivity index (χ0n) is 18.6. The predicted octanol–water partition coefficient (Wildman–Crippen LogP) is 7.50. The molecule has 1 N–H and O–H groups in total. The number of fused-ring (bicyclic) bond motifs is 1. The Hall–Kier alpha value is -2.99. The molecule has 0 spiro atoms. The summed E-state index contributed by atoms with van der Waals surface area (Å²) in [7, 11) is 0. The van der Waals surface area contributed by atoms with Crippen LogP contribution < -0.4 is 5.32 Å². The second kappa shape index (κ2) is 9.34. The molecule has 1 aliphatic heterocycles. The van der Waals surface area contributed by atoms with Gasteiger partial charge in [-0.3, -0.25) is 4.79 Å². The summed E-state index contributed by atoms with van der Waals surface area (Å²) in [5.41, 5.74) is 6.23. The van der Waals surface area contributed by atoms with Gasteiger partial charge in [-0.25, -0.2) is 4.99 Å². The van der Waals surface area contributed by atoms with Crippen LogP contribution in [0.4, 0.5) is 5.69 Å². The van der Waals surface area contributed by atoms with Crippen molar-refractivity contribution in [1.82, 2.24) is 9.88 Å². The Bertz CT molecular complexity index is 1500. The van der Waals surface area contributed by atoms with Gasteiger partial charge in [-0.2, -0.15) is 0 Å². The van der Waals surface area contributed by atoms with E-state index in [-0.39, 0.29) is 5.91 Å². The smallest absolute Gasteiger partial charge is 0.264 e. The van der Waals surface area contributed by atoms with E-state index in [2.05, 4.69) is 46.2 Å². The fourth-order valence-electron chi connectivity index (χ4n) is 3.94. The summed E-state index contributed by atoms with van der Waals surface area (Å²) in [6.45, 7) is 4.73. The van der Waals surface area contributed by atoms with E-state index in [1.807, 2.05) is 55.5 Å². The second-order valence-electron chi connectivity index (χ2n) is 8.18. The third-order valence-corrected chi connectivity index (χ3v) is 7.54. The van der Waals surface area contributed by atoms with E-state index >= 15 is 0 Å². The summed E-state index contributed by atoms with van der Waals surface area (Å²) in [5, 5.41) is 5.63. The van der Waals surface area contributed by atoms with Crippen LogP contribution >= 0.6 is 35.0 Å². The number of carbonyl (C=O) groups excluding carboxylic acids is 1. The van der Waals surface area contributed by atoms with Crippen molar-refractivity contribution in [2.45, 2.75) is 20.4 Å². The molecule has 170 valence electrons. The van der Waals surface area contributed by atoms with Gasteiger partial charge in [-0.15, -0.1) is 0 Å². The minimum atomic E-state index is -0.143. The minimum Gasteiger partial charge on any atom is -0.342 e. The lowest BCUT2D eigenvalue weighted by atomic mass is 10.1. The molecule has 4 aromatic rings. The second-order valence-corrected chi connectivity index (χ2v) is 10.0. The standard InChI is InChI=1S/C27H21Cl2N3OS/c1-16-6-5-8-23(17(16)2)30-27-31-26(33)25(34-27)13-19-15-32(24-9-4-3-7-20(19)24)14-18-10-11-21(28)22(29)12-18/h3-13,15H,14H2,1-2H3,(H,30,31,33)/b25-13-. The number of para-hydroxylation sites is 1. The highest BCUT2D eigenvalue weighted by Crippen LogP contribution is 2.32. The molecule has 1 amide bonds. The van der Waals surface area contributed by atoms with E-state index in [0.29, 0.717) is 26.7 Å². The van der Waals surface area contributed by atoms with Crippen LogP contribution in [0.5, 0.6) is 0 Å². The maximum Gasteiger partial charge on any atom is 0.264 e. The number of aliphatic imine (C=N–C) groups is 1. The number of nitrogens with one attached hydrogen (secondary N) is 1. The van der Waals surface area contributed by atoms with Crippen molar-refractivity contribution in [3.05, 3.63) is 104 Å². The van der Waals surface area contributed by atoms with Gasteiger partial charge in [-0.05, 0) is 72.6 Å². The van der Waals surface area contributed by atoms with Crippen molar-refractivity contribution in [2.24, 2.45) is 4.99 Å². The topological polar surface area (TPSA) is 46.4 Å². The first-order valence-electron chi connectivity index (χ1n) is 10.8. The molecule has 1 fully saturated rings. The Morgan fingerprint density at radius 3 is 2.68 bits per heavy atom. The van der Waals surface area contributed by atoms with E-state index in [9.17, 15) is 4.79 Å². The Morgan fingerprint density at radius 1 is 1.03 bits per heavy atom. The number of carbonyl (C=O) groups is 1. The first-order valence-corrected chi connectivity index (χ1v) is 12.3. The zero-order chi connectivity index (χ0) is 23.8. The fourth-order valence-corrected chi connectivity index (χ4v) is 5.09. The van der Waals surface area contributed by atoms with Crippen molar-refractivity contribution in [2.75, 3.05) is 0 Å². The number of amidine groups is 1. The van der Waals surface area contributed by atoms with Gasteiger partial charge in [0.2, 0.25) is 0 Å². The van der Waals surface area contributed by atoms with Crippen LogP contribution in [0.25, 0.3) is 17.0 Å². The molecule has 1 aliphatic rings. The lowest BCUT2D eigenvalue weighted by Crippen LogP contribution is -2.19.